The largest absolute Gasteiger partial charge is 0.256 e. The smallest absolute Gasteiger partial charge is 0.0708 e. The standard InChI is InChI=1S/C9H7N/c1-7-3-2-4-9-8(7)5-6-10-9/h2-6H,1H2. The van der Waals surface area contributed by atoms with Crippen molar-refractivity contribution in [2.75, 3.05) is 0 Å². The van der Waals surface area contributed by atoms with Crippen LogP contribution in [0.2, 0.25) is 0 Å². The van der Waals surface area contributed by atoms with Crippen LogP contribution in [0.5, 0.6) is 0 Å². The van der Waals surface area contributed by atoms with Crippen molar-refractivity contribution in [2.45, 2.75) is 0 Å². The summed E-state index contributed by atoms with van der Waals surface area (Å²) >= 11 is 0. The van der Waals surface area contributed by atoms with Crippen molar-refractivity contribution in [3.8, 4) is 0 Å². The molecule has 0 amide bonds. The van der Waals surface area contributed by atoms with E-state index in [2.05, 4.69) is 11.6 Å². The number of nitrogens with zero attached hydrogens (tertiary/aromatic N) is 1. The van der Waals surface area contributed by atoms with Crippen molar-refractivity contribution in [1.82, 2.24) is 0 Å². The Morgan fingerprint density at radius 3 is 3.00 bits per heavy atom. The van der Waals surface area contributed by atoms with Gasteiger partial charge in [0.25, 0.3) is 0 Å². The van der Waals surface area contributed by atoms with Crippen LogP contribution in [-0.2, 0) is 0 Å². The monoisotopic (exact) mass is 129 g/mol. The van der Waals surface area contributed by atoms with Crippen molar-refractivity contribution in [2.24, 2.45) is 4.99 Å². The molecule has 2 rings (SSSR count). The molecule has 1 aromatic carbocycles. The van der Waals surface area contributed by atoms with Crippen molar-refractivity contribution >= 4 is 24.6 Å². The molecule has 0 aromatic heterocycles. The first kappa shape index (κ1) is 5.42. The van der Waals surface area contributed by atoms with Crippen LogP contribution < -0.4 is 10.4 Å². The lowest BCUT2D eigenvalue weighted by Gasteiger charge is -1.88. The third-order valence-corrected chi connectivity index (χ3v) is 1.63. The molecular formula is C9H7N. The maximum atomic E-state index is 4.14. The SMILES string of the molecule is C=c1cccc2c1=CC=N2. The zero-order valence-electron chi connectivity index (χ0n) is 5.54. The van der Waals surface area contributed by atoms with Crippen LogP contribution in [0.15, 0.2) is 23.2 Å². The van der Waals surface area contributed by atoms with Crippen molar-refractivity contribution in [3.63, 3.8) is 0 Å². The lowest BCUT2D eigenvalue weighted by molar-refractivity contribution is 1.48. The highest BCUT2D eigenvalue weighted by atomic mass is 14.7. The molecule has 0 saturated heterocycles. The first-order valence-electron chi connectivity index (χ1n) is 3.20. The van der Waals surface area contributed by atoms with Crippen LogP contribution in [0.4, 0.5) is 5.69 Å². The molecule has 0 aliphatic carbocycles. The van der Waals surface area contributed by atoms with E-state index >= 15 is 0 Å². The Bertz CT molecular complexity index is 388. The summed E-state index contributed by atoms with van der Waals surface area (Å²) in [4.78, 5) is 4.14. The van der Waals surface area contributed by atoms with Crippen LogP contribution in [0.3, 0.4) is 0 Å². The molecule has 0 radical (unpaired) electrons. The van der Waals surface area contributed by atoms with E-state index in [9.17, 15) is 0 Å². The van der Waals surface area contributed by atoms with E-state index in [1.54, 1.807) is 6.21 Å². The summed E-state index contributed by atoms with van der Waals surface area (Å²) in [6.45, 7) is 3.88. The van der Waals surface area contributed by atoms with Gasteiger partial charge in [-0.3, -0.25) is 4.99 Å². The summed E-state index contributed by atoms with van der Waals surface area (Å²) in [6, 6.07) is 5.95. The maximum Gasteiger partial charge on any atom is 0.0708 e. The Balaban J connectivity index is 2.99. The highest BCUT2D eigenvalue weighted by Crippen LogP contribution is 2.03. The number of aliphatic imine (C=N–C) groups is 1. The fourth-order valence-electron chi connectivity index (χ4n) is 1.10. The number of benzene rings is 1. The molecule has 0 unspecified atom stereocenters. The Kier molecular flexibility index (Phi) is 0.978. The Labute approximate surface area is 59.0 Å². The summed E-state index contributed by atoms with van der Waals surface area (Å²) in [5, 5.41) is 2.21. The van der Waals surface area contributed by atoms with Crippen LogP contribution in [0.1, 0.15) is 0 Å². The van der Waals surface area contributed by atoms with Gasteiger partial charge in [0.1, 0.15) is 0 Å². The molecule has 1 aliphatic rings. The van der Waals surface area contributed by atoms with E-state index in [0.717, 1.165) is 16.1 Å². The normalized spacial score (nSPS) is 12.8. The molecule has 0 spiro atoms. The average molecular weight is 129 g/mol. The van der Waals surface area contributed by atoms with Crippen LogP contribution in [0.25, 0.3) is 12.7 Å². The van der Waals surface area contributed by atoms with Gasteiger partial charge in [-0.15, -0.1) is 0 Å². The molecule has 48 valence electrons. The number of fused-ring (bicyclic) bond motifs is 1. The molecule has 1 nitrogen and oxygen atoms in total. The molecular weight excluding hydrogens is 122 g/mol. The van der Waals surface area contributed by atoms with Gasteiger partial charge in [0.2, 0.25) is 0 Å². The Hall–Kier alpha value is -1.37. The lowest BCUT2D eigenvalue weighted by atomic mass is 10.2. The van der Waals surface area contributed by atoms with Gasteiger partial charge in [0.15, 0.2) is 0 Å². The predicted molar refractivity (Wildman–Crippen MR) is 43.8 cm³/mol. The van der Waals surface area contributed by atoms with Crippen LogP contribution in [0, 0.1) is 0 Å². The predicted octanol–water partition coefficient (Wildman–Crippen LogP) is 0.593. The van der Waals surface area contributed by atoms with Gasteiger partial charge in [-0.2, -0.15) is 0 Å². The second-order valence-electron chi connectivity index (χ2n) is 2.29. The number of rotatable bonds is 0. The lowest BCUT2D eigenvalue weighted by Crippen LogP contribution is -2.20. The Morgan fingerprint density at radius 2 is 2.20 bits per heavy atom. The zero-order valence-corrected chi connectivity index (χ0v) is 5.54. The minimum absolute atomic E-state index is 1.03. The summed E-state index contributed by atoms with van der Waals surface area (Å²) in [7, 11) is 0. The average Bonchev–Trinajstić information content (AvgIpc) is 2.36. The van der Waals surface area contributed by atoms with Crippen molar-refractivity contribution < 1.29 is 0 Å². The van der Waals surface area contributed by atoms with E-state index in [-0.39, 0.29) is 0 Å². The summed E-state index contributed by atoms with van der Waals surface area (Å²) in [6.07, 6.45) is 3.79. The van der Waals surface area contributed by atoms with E-state index in [4.69, 9.17) is 0 Å². The van der Waals surface area contributed by atoms with E-state index in [1.165, 1.54) is 0 Å². The molecule has 10 heavy (non-hydrogen) atoms. The van der Waals surface area contributed by atoms with Crippen molar-refractivity contribution in [1.29, 1.82) is 0 Å². The molecule has 0 atom stereocenters. The van der Waals surface area contributed by atoms with Gasteiger partial charge in [0.05, 0.1) is 5.69 Å². The van der Waals surface area contributed by atoms with Gasteiger partial charge in [-0.1, -0.05) is 18.7 Å². The number of hydrogen-bond acceptors (Lipinski definition) is 1. The molecule has 1 aliphatic heterocycles. The summed E-state index contributed by atoms with van der Waals surface area (Å²) in [5.74, 6) is 0. The van der Waals surface area contributed by atoms with E-state index in [0.29, 0.717) is 0 Å². The quantitative estimate of drug-likeness (QED) is 0.486. The highest BCUT2D eigenvalue weighted by molar-refractivity contribution is 5.96. The first-order valence-corrected chi connectivity index (χ1v) is 3.20. The zero-order chi connectivity index (χ0) is 6.97. The van der Waals surface area contributed by atoms with Gasteiger partial charge >= 0.3 is 0 Å². The molecule has 0 N–H and O–H groups in total. The van der Waals surface area contributed by atoms with E-state index < -0.39 is 0 Å². The molecule has 1 aromatic rings. The third kappa shape index (κ3) is 0.605. The van der Waals surface area contributed by atoms with Gasteiger partial charge in [-0.25, -0.2) is 0 Å². The molecule has 0 fully saturated rings. The van der Waals surface area contributed by atoms with Gasteiger partial charge in [-0.05, 0) is 17.4 Å². The first-order chi connectivity index (χ1) is 4.88. The van der Waals surface area contributed by atoms with Gasteiger partial charge < -0.3 is 0 Å². The van der Waals surface area contributed by atoms with Gasteiger partial charge in [0, 0.05) is 11.4 Å². The second kappa shape index (κ2) is 1.81. The fraction of sp³-hybridized carbons (Fsp3) is 0. The highest BCUT2D eigenvalue weighted by Gasteiger charge is 1.94. The second-order valence-corrected chi connectivity index (χ2v) is 2.29. The fourth-order valence-corrected chi connectivity index (χ4v) is 1.10. The van der Waals surface area contributed by atoms with Crippen molar-refractivity contribution in [3.05, 3.63) is 28.6 Å². The molecule has 0 saturated carbocycles. The maximum absolute atomic E-state index is 4.14. The van der Waals surface area contributed by atoms with E-state index in [1.807, 2.05) is 24.3 Å². The molecule has 1 heterocycles. The van der Waals surface area contributed by atoms with Crippen LogP contribution >= 0.6 is 0 Å². The minimum Gasteiger partial charge on any atom is -0.256 e. The molecule has 1 heteroatoms. The third-order valence-electron chi connectivity index (χ3n) is 1.63. The van der Waals surface area contributed by atoms with Crippen LogP contribution in [-0.4, -0.2) is 6.21 Å². The summed E-state index contributed by atoms with van der Waals surface area (Å²) < 4.78 is 0. The topological polar surface area (TPSA) is 12.4 Å². The summed E-state index contributed by atoms with van der Waals surface area (Å²) in [5.41, 5.74) is 1.03. The Morgan fingerprint density at radius 1 is 1.30 bits per heavy atom. The molecule has 0 bridgehead atoms. The number of hydrogen-bond donors (Lipinski definition) is 0. The minimum atomic E-state index is 1.03.